The van der Waals surface area contributed by atoms with Gasteiger partial charge in [-0.05, 0) is 37.8 Å². The number of para-hydroxylation sites is 1. The molecular formula is C17H25N3O. The normalized spacial score (nSPS) is 17.1. The molecular weight excluding hydrogens is 262 g/mol. The van der Waals surface area contributed by atoms with Gasteiger partial charge in [-0.3, -0.25) is 4.90 Å². The Bertz CT molecular complexity index is 525. The lowest BCUT2D eigenvalue weighted by molar-refractivity contribution is 0.254. The summed E-state index contributed by atoms with van der Waals surface area (Å²) in [6, 6.07) is 7.92. The smallest absolute Gasteiger partial charge is 0.349 e. The SMILES string of the molecule is CCc1ccccc1N(CC)C(=O)/N=C1/CCCCN1C. The third kappa shape index (κ3) is 3.63. The van der Waals surface area contributed by atoms with E-state index in [2.05, 4.69) is 22.9 Å². The van der Waals surface area contributed by atoms with Crippen LogP contribution in [0.3, 0.4) is 0 Å². The maximum absolute atomic E-state index is 12.6. The van der Waals surface area contributed by atoms with Gasteiger partial charge in [0, 0.05) is 32.2 Å². The summed E-state index contributed by atoms with van der Waals surface area (Å²) < 4.78 is 0. The zero-order chi connectivity index (χ0) is 15.2. The predicted molar refractivity (Wildman–Crippen MR) is 88.2 cm³/mol. The maximum Gasteiger partial charge on any atom is 0.349 e. The molecule has 1 saturated heterocycles. The van der Waals surface area contributed by atoms with Crippen molar-refractivity contribution >= 4 is 17.6 Å². The first-order valence-corrected chi connectivity index (χ1v) is 7.85. The van der Waals surface area contributed by atoms with Crippen LogP contribution in [0.1, 0.15) is 38.7 Å². The fraction of sp³-hybridized carbons (Fsp3) is 0.529. The van der Waals surface area contributed by atoms with E-state index in [1.807, 2.05) is 32.2 Å². The summed E-state index contributed by atoms with van der Waals surface area (Å²) in [4.78, 5) is 20.8. The average molecular weight is 287 g/mol. The summed E-state index contributed by atoms with van der Waals surface area (Å²) in [7, 11) is 2.02. The fourth-order valence-electron chi connectivity index (χ4n) is 2.75. The third-order valence-corrected chi connectivity index (χ3v) is 4.02. The number of urea groups is 1. The van der Waals surface area contributed by atoms with Gasteiger partial charge in [0.15, 0.2) is 0 Å². The van der Waals surface area contributed by atoms with Gasteiger partial charge in [-0.1, -0.05) is 25.1 Å². The predicted octanol–water partition coefficient (Wildman–Crippen LogP) is 3.71. The summed E-state index contributed by atoms with van der Waals surface area (Å²) in [6.45, 7) is 5.73. The van der Waals surface area contributed by atoms with Crippen molar-refractivity contribution in [1.82, 2.24) is 4.90 Å². The number of piperidine rings is 1. The molecule has 4 nitrogen and oxygen atoms in total. The van der Waals surface area contributed by atoms with Gasteiger partial charge >= 0.3 is 6.03 Å². The number of amides is 2. The van der Waals surface area contributed by atoms with Crippen LogP contribution >= 0.6 is 0 Å². The largest absolute Gasteiger partial charge is 0.363 e. The van der Waals surface area contributed by atoms with Gasteiger partial charge in [0.05, 0.1) is 0 Å². The molecule has 0 aromatic heterocycles. The number of hydrogen-bond donors (Lipinski definition) is 0. The molecule has 0 spiro atoms. The lowest BCUT2D eigenvalue weighted by Crippen LogP contribution is -2.35. The second-order valence-electron chi connectivity index (χ2n) is 5.42. The zero-order valence-electron chi connectivity index (χ0n) is 13.3. The molecule has 1 aliphatic rings. The summed E-state index contributed by atoms with van der Waals surface area (Å²) in [5.41, 5.74) is 2.17. The molecule has 0 radical (unpaired) electrons. The van der Waals surface area contributed by atoms with Gasteiger partial charge < -0.3 is 4.90 Å². The van der Waals surface area contributed by atoms with E-state index >= 15 is 0 Å². The highest BCUT2D eigenvalue weighted by molar-refractivity contribution is 6.01. The Morgan fingerprint density at radius 3 is 2.71 bits per heavy atom. The van der Waals surface area contributed by atoms with Crippen LogP contribution in [0.25, 0.3) is 0 Å². The van der Waals surface area contributed by atoms with Crippen molar-refractivity contribution in [2.24, 2.45) is 4.99 Å². The molecule has 1 aromatic rings. The molecule has 1 aromatic carbocycles. The minimum Gasteiger partial charge on any atom is -0.363 e. The van der Waals surface area contributed by atoms with Crippen molar-refractivity contribution in [1.29, 1.82) is 0 Å². The molecule has 1 fully saturated rings. The molecule has 0 unspecified atom stereocenters. The van der Waals surface area contributed by atoms with Gasteiger partial charge in [-0.25, -0.2) is 4.79 Å². The van der Waals surface area contributed by atoms with Crippen LogP contribution in [0.15, 0.2) is 29.3 Å². The van der Waals surface area contributed by atoms with Crippen LogP contribution in [0.4, 0.5) is 10.5 Å². The van der Waals surface area contributed by atoms with E-state index in [9.17, 15) is 4.79 Å². The molecule has 2 rings (SSSR count). The highest BCUT2D eigenvalue weighted by atomic mass is 16.2. The Hall–Kier alpha value is -1.84. The minimum absolute atomic E-state index is 0.151. The number of likely N-dealkylation sites (tertiary alicyclic amines) is 1. The molecule has 0 aliphatic carbocycles. The number of aryl methyl sites for hydroxylation is 1. The van der Waals surface area contributed by atoms with Gasteiger partial charge in [0.1, 0.15) is 5.84 Å². The van der Waals surface area contributed by atoms with Crippen LogP contribution < -0.4 is 4.90 Å². The first-order valence-electron chi connectivity index (χ1n) is 7.85. The molecule has 0 atom stereocenters. The number of benzene rings is 1. The van der Waals surface area contributed by atoms with E-state index < -0.39 is 0 Å². The van der Waals surface area contributed by atoms with E-state index in [0.29, 0.717) is 6.54 Å². The highest BCUT2D eigenvalue weighted by Gasteiger charge is 2.19. The summed E-state index contributed by atoms with van der Waals surface area (Å²) in [6.07, 6.45) is 4.11. The topological polar surface area (TPSA) is 35.9 Å². The molecule has 0 bridgehead atoms. The average Bonchev–Trinajstić information content (AvgIpc) is 2.51. The number of hydrogen-bond acceptors (Lipinski definition) is 1. The lowest BCUT2D eigenvalue weighted by Gasteiger charge is -2.27. The highest BCUT2D eigenvalue weighted by Crippen LogP contribution is 2.22. The van der Waals surface area contributed by atoms with Crippen LogP contribution in [0.5, 0.6) is 0 Å². The Morgan fingerprint density at radius 2 is 2.05 bits per heavy atom. The van der Waals surface area contributed by atoms with Crippen LogP contribution in [-0.2, 0) is 6.42 Å². The van der Waals surface area contributed by atoms with Crippen molar-refractivity contribution < 1.29 is 4.79 Å². The van der Waals surface area contributed by atoms with E-state index in [1.54, 1.807) is 4.90 Å². The number of amidine groups is 1. The van der Waals surface area contributed by atoms with Gasteiger partial charge in [-0.15, -0.1) is 0 Å². The molecule has 0 saturated carbocycles. The van der Waals surface area contributed by atoms with Crippen molar-refractivity contribution in [3.8, 4) is 0 Å². The second-order valence-corrected chi connectivity index (χ2v) is 5.42. The quantitative estimate of drug-likeness (QED) is 0.849. The van der Waals surface area contributed by atoms with Gasteiger partial charge in [-0.2, -0.15) is 4.99 Å². The molecule has 21 heavy (non-hydrogen) atoms. The Balaban J connectivity index is 2.24. The first kappa shape index (κ1) is 15.5. The monoisotopic (exact) mass is 287 g/mol. The molecule has 4 heteroatoms. The maximum atomic E-state index is 12.6. The van der Waals surface area contributed by atoms with Crippen LogP contribution in [0, 0.1) is 0 Å². The molecule has 1 aliphatic heterocycles. The minimum atomic E-state index is -0.151. The van der Waals surface area contributed by atoms with Crippen molar-refractivity contribution in [3.05, 3.63) is 29.8 Å². The van der Waals surface area contributed by atoms with Crippen molar-refractivity contribution in [2.45, 2.75) is 39.5 Å². The number of aliphatic imine (C=N–C) groups is 1. The lowest BCUT2D eigenvalue weighted by atomic mass is 10.1. The van der Waals surface area contributed by atoms with Crippen molar-refractivity contribution in [3.63, 3.8) is 0 Å². The summed E-state index contributed by atoms with van der Waals surface area (Å²) in [5, 5.41) is 0. The molecule has 1 heterocycles. The molecule has 2 amide bonds. The second kappa shape index (κ2) is 7.25. The van der Waals surface area contributed by atoms with E-state index in [4.69, 9.17) is 0 Å². The van der Waals surface area contributed by atoms with Crippen LogP contribution in [0.2, 0.25) is 0 Å². The standard InChI is InChI=1S/C17H25N3O/c1-4-14-10-6-7-11-15(14)20(5-2)17(21)18-16-12-8-9-13-19(16)3/h6-7,10-11H,4-5,8-9,12-13H2,1-3H3/b18-16-. The molecule has 114 valence electrons. The number of anilines is 1. The Morgan fingerprint density at radius 1 is 1.29 bits per heavy atom. The summed E-state index contributed by atoms with van der Waals surface area (Å²) >= 11 is 0. The van der Waals surface area contributed by atoms with E-state index in [1.165, 1.54) is 12.0 Å². The van der Waals surface area contributed by atoms with Gasteiger partial charge in [0.2, 0.25) is 0 Å². The zero-order valence-corrected chi connectivity index (χ0v) is 13.3. The Labute approximate surface area is 127 Å². The number of carbonyl (C=O) groups is 1. The van der Waals surface area contributed by atoms with E-state index in [0.717, 1.165) is 37.3 Å². The molecule has 0 N–H and O–H groups in total. The Kier molecular flexibility index (Phi) is 5.37. The van der Waals surface area contributed by atoms with Crippen LogP contribution in [-0.4, -0.2) is 36.9 Å². The fourth-order valence-corrected chi connectivity index (χ4v) is 2.75. The number of nitrogens with zero attached hydrogens (tertiary/aromatic N) is 3. The number of carbonyl (C=O) groups excluding carboxylic acids is 1. The first-order chi connectivity index (χ1) is 10.2. The number of rotatable bonds is 3. The van der Waals surface area contributed by atoms with Crippen molar-refractivity contribution in [2.75, 3.05) is 25.0 Å². The summed E-state index contributed by atoms with van der Waals surface area (Å²) in [5.74, 6) is 0.915. The third-order valence-electron chi connectivity index (χ3n) is 4.02. The van der Waals surface area contributed by atoms with E-state index in [-0.39, 0.29) is 6.03 Å². The van der Waals surface area contributed by atoms with Gasteiger partial charge in [0.25, 0.3) is 0 Å².